The molecule has 1 saturated heterocycles. The molecule has 7 heteroatoms. The molecule has 5 rings (SSSR count). The summed E-state index contributed by atoms with van der Waals surface area (Å²) >= 11 is 0. The molecule has 0 radical (unpaired) electrons. The molecule has 1 N–H and O–H groups in total. The fraction of sp³-hybridized carbons (Fsp3) is 0.368. The Bertz CT molecular complexity index is 1340. The summed E-state index contributed by atoms with van der Waals surface area (Å²) in [4.78, 5) is 0. The number of ether oxygens (including phenoxy) is 6. The van der Waals surface area contributed by atoms with Crippen LogP contribution in [0.2, 0.25) is 0 Å². The zero-order valence-corrected chi connectivity index (χ0v) is 25.9. The van der Waals surface area contributed by atoms with Crippen LogP contribution in [0.15, 0.2) is 121 Å². The van der Waals surface area contributed by atoms with E-state index >= 15 is 0 Å². The highest BCUT2D eigenvalue weighted by atomic mass is 16.6. The Balaban J connectivity index is 1.43. The van der Waals surface area contributed by atoms with Crippen LogP contribution >= 0.6 is 0 Å². The summed E-state index contributed by atoms with van der Waals surface area (Å²) in [5, 5.41) is 10.8. The van der Waals surface area contributed by atoms with E-state index in [2.05, 4.69) is 0 Å². The van der Waals surface area contributed by atoms with E-state index in [1.54, 1.807) is 0 Å². The molecule has 0 saturated carbocycles. The molecule has 7 nitrogen and oxygen atoms in total. The molecular weight excluding hydrogens is 568 g/mol. The predicted molar refractivity (Wildman–Crippen MR) is 172 cm³/mol. The van der Waals surface area contributed by atoms with E-state index in [1.807, 2.05) is 128 Å². The third-order valence-corrected chi connectivity index (χ3v) is 7.77. The lowest BCUT2D eigenvalue weighted by Gasteiger charge is -2.46. The van der Waals surface area contributed by atoms with Crippen LogP contribution in [0.4, 0.5) is 0 Å². The van der Waals surface area contributed by atoms with Gasteiger partial charge >= 0.3 is 0 Å². The van der Waals surface area contributed by atoms with Crippen LogP contribution in [0.3, 0.4) is 0 Å². The van der Waals surface area contributed by atoms with E-state index in [9.17, 15) is 5.11 Å². The number of hydrogen-bond acceptors (Lipinski definition) is 7. The van der Waals surface area contributed by atoms with Crippen LogP contribution < -0.4 is 0 Å². The van der Waals surface area contributed by atoms with Gasteiger partial charge in [-0.3, -0.25) is 0 Å². The van der Waals surface area contributed by atoms with Crippen LogP contribution in [0.5, 0.6) is 0 Å². The van der Waals surface area contributed by atoms with Crippen molar-refractivity contribution in [3.63, 3.8) is 0 Å². The second kappa shape index (κ2) is 17.9. The standard InChI is InChI=1S/C38H44O7/c1-2-41-35(39)23-33-36(42-25-30-17-9-4-10-18-30)38(44-27-32-21-13-6-14-22-32)37(43-26-31-19-11-5-12-20-31)34(45-33)28-40-24-29-15-7-3-8-16-29/h3-22,33-39H,2,23-28H2,1H3/t33-,34+,35?,36-,37?,38+/m0/s1. The lowest BCUT2D eigenvalue weighted by Crippen LogP contribution is -2.61. The van der Waals surface area contributed by atoms with Gasteiger partial charge in [-0.1, -0.05) is 121 Å². The highest BCUT2D eigenvalue weighted by Gasteiger charge is 2.49. The Morgan fingerprint density at radius 3 is 1.40 bits per heavy atom. The molecule has 6 atom stereocenters. The van der Waals surface area contributed by atoms with Gasteiger partial charge in [-0.15, -0.1) is 0 Å². The minimum absolute atomic E-state index is 0.207. The Morgan fingerprint density at radius 2 is 0.956 bits per heavy atom. The van der Waals surface area contributed by atoms with Crippen LogP contribution in [-0.4, -0.2) is 55.1 Å². The average molecular weight is 613 g/mol. The quantitative estimate of drug-likeness (QED) is 0.137. The summed E-state index contributed by atoms with van der Waals surface area (Å²) in [5.41, 5.74) is 4.17. The highest BCUT2D eigenvalue weighted by Crippen LogP contribution is 2.33. The number of rotatable bonds is 17. The van der Waals surface area contributed by atoms with Crippen molar-refractivity contribution in [2.75, 3.05) is 13.2 Å². The Hall–Kier alpha value is -3.40. The molecule has 1 heterocycles. The SMILES string of the molecule is CCOC(O)C[C@@H]1O[C@H](COCc2ccccc2)C(OCc2ccccc2)[C@H](OCc2ccccc2)[C@H]1OCc1ccccc1. The molecule has 4 aromatic rings. The normalized spacial score (nSPS) is 22.2. The van der Waals surface area contributed by atoms with Crippen molar-refractivity contribution < 1.29 is 33.5 Å². The first kappa shape index (κ1) is 33.0. The molecule has 45 heavy (non-hydrogen) atoms. The molecule has 0 spiro atoms. The molecule has 1 aliphatic rings. The summed E-state index contributed by atoms with van der Waals surface area (Å²) < 4.78 is 38.5. The third-order valence-electron chi connectivity index (χ3n) is 7.77. The van der Waals surface area contributed by atoms with Crippen molar-refractivity contribution in [1.29, 1.82) is 0 Å². The maximum Gasteiger partial charge on any atom is 0.157 e. The first-order valence-corrected chi connectivity index (χ1v) is 15.7. The molecular formula is C38H44O7. The Kier molecular flexibility index (Phi) is 13.1. The van der Waals surface area contributed by atoms with E-state index in [1.165, 1.54) is 0 Å². The maximum absolute atomic E-state index is 10.8. The molecule has 1 fully saturated rings. The largest absolute Gasteiger partial charge is 0.374 e. The summed E-state index contributed by atoms with van der Waals surface area (Å²) in [5.74, 6) is 0. The summed E-state index contributed by atoms with van der Waals surface area (Å²) in [7, 11) is 0. The molecule has 0 amide bonds. The lowest BCUT2D eigenvalue weighted by molar-refractivity contribution is -0.282. The van der Waals surface area contributed by atoms with Crippen molar-refractivity contribution >= 4 is 0 Å². The van der Waals surface area contributed by atoms with Crippen LogP contribution in [0.25, 0.3) is 0 Å². The molecule has 238 valence electrons. The number of aliphatic hydroxyl groups excluding tert-OH is 1. The van der Waals surface area contributed by atoms with Gasteiger partial charge in [0.25, 0.3) is 0 Å². The van der Waals surface area contributed by atoms with E-state index in [0.717, 1.165) is 22.3 Å². The first-order chi connectivity index (χ1) is 22.2. The molecule has 2 unspecified atom stereocenters. The monoisotopic (exact) mass is 612 g/mol. The Labute approximate surface area is 266 Å². The fourth-order valence-corrected chi connectivity index (χ4v) is 5.53. The van der Waals surface area contributed by atoms with E-state index in [4.69, 9.17) is 28.4 Å². The van der Waals surface area contributed by atoms with Gasteiger partial charge in [0.05, 0.1) is 39.1 Å². The molecule has 1 aliphatic heterocycles. The van der Waals surface area contributed by atoms with Crippen LogP contribution in [0, 0.1) is 0 Å². The second-order valence-electron chi connectivity index (χ2n) is 11.1. The second-order valence-corrected chi connectivity index (χ2v) is 11.1. The zero-order chi connectivity index (χ0) is 31.1. The van der Waals surface area contributed by atoms with Crippen LogP contribution in [-0.2, 0) is 54.8 Å². The van der Waals surface area contributed by atoms with Gasteiger partial charge in [0.1, 0.15) is 24.4 Å². The smallest absolute Gasteiger partial charge is 0.157 e. The summed E-state index contributed by atoms with van der Waals surface area (Å²) in [6.45, 7) is 4.01. The Morgan fingerprint density at radius 1 is 0.556 bits per heavy atom. The van der Waals surface area contributed by atoms with E-state index in [-0.39, 0.29) is 13.0 Å². The molecule has 0 aromatic heterocycles. The number of benzene rings is 4. The predicted octanol–water partition coefficient (Wildman–Crippen LogP) is 6.47. The minimum atomic E-state index is -1.02. The van der Waals surface area contributed by atoms with Gasteiger partial charge in [-0.2, -0.15) is 0 Å². The van der Waals surface area contributed by atoms with Crippen molar-refractivity contribution in [1.82, 2.24) is 0 Å². The van der Waals surface area contributed by atoms with Crippen molar-refractivity contribution in [2.45, 2.75) is 76.6 Å². The van der Waals surface area contributed by atoms with Gasteiger partial charge in [0.2, 0.25) is 0 Å². The van der Waals surface area contributed by atoms with Gasteiger partial charge in [-0.05, 0) is 29.2 Å². The van der Waals surface area contributed by atoms with Gasteiger partial charge in [0.15, 0.2) is 6.29 Å². The third kappa shape index (κ3) is 10.3. The fourth-order valence-electron chi connectivity index (χ4n) is 5.53. The molecule has 0 aliphatic carbocycles. The van der Waals surface area contributed by atoms with Gasteiger partial charge < -0.3 is 33.5 Å². The van der Waals surface area contributed by atoms with Crippen molar-refractivity contribution in [2.24, 2.45) is 0 Å². The molecule has 4 aromatic carbocycles. The van der Waals surface area contributed by atoms with Gasteiger partial charge in [-0.25, -0.2) is 0 Å². The number of hydrogen-bond donors (Lipinski definition) is 1. The van der Waals surface area contributed by atoms with Gasteiger partial charge in [0, 0.05) is 13.0 Å². The maximum atomic E-state index is 10.8. The summed E-state index contributed by atoms with van der Waals surface area (Å²) in [6, 6.07) is 40.2. The highest BCUT2D eigenvalue weighted by molar-refractivity contribution is 5.16. The van der Waals surface area contributed by atoms with E-state index in [0.29, 0.717) is 33.0 Å². The first-order valence-electron chi connectivity index (χ1n) is 15.7. The van der Waals surface area contributed by atoms with E-state index < -0.39 is 36.8 Å². The zero-order valence-electron chi connectivity index (χ0n) is 25.9. The average Bonchev–Trinajstić information content (AvgIpc) is 3.08. The van der Waals surface area contributed by atoms with Crippen molar-refractivity contribution in [3.8, 4) is 0 Å². The topological polar surface area (TPSA) is 75.6 Å². The summed E-state index contributed by atoms with van der Waals surface area (Å²) in [6.07, 6.45) is -3.47. The minimum Gasteiger partial charge on any atom is -0.374 e. The number of aliphatic hydroxyl groups is 1. The molecule has 0 bridgehead atoms. The lowest BCUT2D eigenvalue weighted by atomic mass is 9.92. The van der Waals surface area contributed by atoms with Crippen molar-refractivity contribution in [3.05, 3.63) is 144 Å². The van der Waals surface area contributed by atoms with Crippen LogP contribution in [0.1, 0.15) is 35.6 Å².